The molecular formula is C18H23Cl. The zero-order valence-electron chi connectivity index (χ0n) is 11.6. The fourth-order valence-corrected chi connectivity index (χ4v) is 2.82. The number of alkyl halides is 1. The number of benzene rings is 2. The van der Waals surface area contributed by atoms with Gasteiger partial charge in [0, 0.05) is 5.88 Å². The molecule has 102 valence electrons. The Morgan fingerprint density at radius 3 is 2.21 bits per heavy atom. The van der Waals surface area contributed by atoms with Crippen molar-refractivity contribution >= 4 is 22.4 Å². The van der Waals surface area contributed by atoms with Gasteiger partial charge in [0.1, 0.15) is 0 Å². The first-order chi connectivity index (χ1) is 9.42. The van der Waals surface area contributed by atoms with Crippen LogP contribution in [0.15, 0.2) is 42.5 Å². The molecule has 0 heterocycles. The number of rotatable bonds is 8. The zero-order valence-corrected chi connectivity index (χ0v) is 12.3. The van der Waals surface area contributed by atoms with Crippen LogP contribution in [-0.4, -0.2) is 5.88 Å². The van der Waals surface area contributed by atoms with Gasteiger partial charge in [-0.1, -0.05) is 68.1 Å². The minimum atomic E-state index is 0.815. The maximum absolute atomic E-state index is 5.68. The average molecular weight is 275 g/mol. The summed E-state index contributed by atoms with van der Waals surface area (Å²) in [5, 5.41) is 2.79. The third-order valence-corrected chi connectivity index (χ3v) is 3.98. The lowest BCUT2D eigenvalue weighted by atomic mass is 9.99. The van der Waals surface area contributed by atoms with Crippen LogP contribution < -0.4 is 0 Å². The second kappa shape index (κ2) is 8.22. The second-order valence-corrected chi connectivity index (χ2v) is 5.58. The van der Waals surface area contributed by atoms with Gasteiger partial charge in [-0.15, -0.1) is 11.6 Å². The number of fused-ring (bicyclic) bond motifs is 1. The fraction of sp³-hybridized carbons (Fsp3) is 0.444. The molecule has 0 amide bonds. The lowest BCUT2D eigenvalue weighted by molar-refractivity contribution is 0.609. The van der Waals surface area contributed by atoms with Crippen molar-refractivity contribution in [2.75, 3.05) is 5.88 Å². The van der Waals surface area contributed by atoms with E-state index in [1.54, 1.807) is 0 Å². The predicted octanol–water partition coefficient (Wildman–Crippen LogP) is 5.96. The van der Waals surface area contributed by atoms with Crippen LogP contribution in [0.5, 0.6) is 0 Å². The Balaban J connectivity index is 1.78. The van der Waals surface area contributed by atoms with Gasteiger partial charge < -0.3 is 0 Å². The molecule has 0 radical (unpaired) electrons. The smallest absolute Gasteiger partial charge is 0.0223 e. The molecule has 0 nitrogen and oxygen atoms in total. The zero-order chi connectivity index (χ0) is 13.3. The van der Waals surface area contributed by atoms with Gasteiger partial charge >= 0.3 is 0 Å². The van der Waals surface area contributed by atoms with Crippen molar-refractivity contribution in [3.63, 3.8) is 0 Å². The number of aryl methyl sites for hydroxylation is 1. The van der Waals surface area contributed by atoms with Crippen molar-refractivity contribution in [3.8, 4) is 0 Å². The van der Waals surface area contributed by atoms with E-state index in [0.717, 1.165) is 5.88 Å². The quantitative estimate of drug-likeness (QED) is 0.411. The highest BCUT2D eigenvalue weighted by atomic mass is 35.5. The summed E-state index contributed by atoms with van der Waals surface area (Å²) in [6, 6.07) is 15.3. The summed E-state index contributed by atoms with van der Waals surface area (Å²) in [4.78, 5) is 0. The molecule has 19 heavy (non-hydrogen) atoms. The summed E-state index contributed by atoms with van der Waals surface area (Å²) in [6.07, 6.45) is 8.99. The molecule has 2 rings (SSSR count). The highest BCUT2D eigenvalue weighted by Crippen LogP contribution is 2.20. The van der Waals surface area contributed by atoms with Gasteiger partial charge in [0.2, 0.25) is 0 Å². The minimum absolute atomic E-state index is 0.815. The van der Waals surface area contributed by atoms with Gasteiger partial charge in [0.05, 0.1) is 0 Å². The van der Waals surface area contributed by atoms with Crippen LogP contribution in [0.2, 0.25) is 0 Å². The van der Waals surface area contributed by atoms with E-state index in [9.17, 15) is 0 Å². The van der Waals surface area contributed by atoms with Crippen LogP contribution in [0.4, 0.5) is 0 Å². The largest absolute Gasteiger partial charge is 0.127 e. The molecular weight excluding hydrogens is 252 g/mol. The Bertz CT molecular complexity index is 485. The van der Waals surface area contributed by atoms with E-state index in [0.29, 0.717) is 0 Å². The first kappa shape index (κ1) is 14.4. The number of hydrogen-bond acceptors (Lipinski definition) is 0. The number of hydrogen-bond donors (Lipinski definition) is 0. The molecule has 2 aromatic carbocycles. The predicted molar refractivity (Wildman–Crippen MR) is 86.1 cm³/mol. The lowest BCUT2D eigenvalue weighted by Crippen LogP contribution is -1.88. The molecule has 0 bridgehead atoms. The molecule has 0 N–H and O–H groups in total. The number of unbranched alkanes of at least 4 members (excludes halogenated alkanes) is 5. The molecule has 0 aliphatic carbocycles. The van der Waals surface area contributed by atoms with E-state index in [4.69, 9.17) is 11.6 Å². The van der Waals surface area contributed by atoms with Crippen molar-refractivity contribution in [1.82, 2.24) is 0 Å². The van der Waals surface area contributed by atoms with Crippen molar-refractivity contribution in [3.05, 3.63) is 48.0 Å². The van der Waals surface area contributed by atoms with Crippen LogP contribution in [0.25, 0.3) is 10.8 Å². The van der Waals surface area contributed by atoms with Crippen LogP contribution in [0.1, 0.15) is 44.1 Å². The first-order valence-corrected chi connectivity index (χ1v) is 7.98. The molecule has 0 saturated carbocycles. The summed E-state index contributed by atoms with van der Waals surface area (Å²) in [7, 11) is 0. The lowest BCUT2D eigenvalue weighted by Gasteiger charge is -2.06. The van der Waals surface area contributed by atoms with E-state index in [1.807, 2.05) is 0 Å². The second-order valence-electron chi connectivity index (χ2n) is 5.20. The highest BCUT2D eigenvalue weighted by molar-refractivity contribution is 6.17. The molecule has 0 saturated heterocycles. The van der Waals surface area contributed by atoms with Crippen molar-refractivity contribution in [2.45, 2.75) is 44.9 Å². The third kappa shape index (κ3) is 4.54. The summed E-state index contributed by atoms with van der Waals surface area (Å²) in [5.41, 5.74) is 1.50. The molecule has 0 atom stereocenters. The Morgan fingerprint density at radius 1 is 0.684 bits per heavy atom. The Labute approximate surface area is 121 Å². The maximum atomic E-state index is 5.68. The summed E-state index contributed by atoms with van der Waals surface area (Å²) >= 11 is 5.68. The van der Waals surface area contributed by atoms with Crippen LogP contribution >= 0.6 is 11.6 Å². The van der Waals surface area contributed by atoms with Gasteiger partial charge in [-0.05, 0) is 35.6 Å². The van der Waals surface area contributed by atoms with E-state index < -0.39 is 0 Å². The monoisotopic (exact) mass is 274 g/mol. The van der Waals surface area contributed by atoms with Crippen LogP contribution in [0.3, 0.4) is 0 Å². The van der Waals surface area contributed by atoms with Gasteiger partial charge in [0.15, 0.2) is 0 Å². The molecule has 0 unspecified atom stereocenters. The molecule has 2 aromatic rings. The van der Waals surface area contributed by atoms with Crippen molar-refractivity contribution in [1.29, 1.82) is 0 Å². The normalized spacial score (nSPS) is 11.0. The molecule has 1 heteroatoms. The van der Waals surface area contributed by atoms with Crippen molar-refractivity contribution in [2.24, 2.45) is 0 Å². The minimum Gasteiger partial charge on any atom is -0.127 e. The van der Waals surface area contributed by atoms with Crippen LogP contribution in [0, 0.1) is 0 Å². The standard InChI is InChI=1S/C18H23Cl/c19-15-8-4-2-1-3-5-10-16-12-9-13-17-11-6-7-14-18(16)17/h6-7,9,11-14H,1-5,8,10,15H2. The maximum Gasteiger partial charge on any atom is 0.0223 e. The van der Waals surface area contributed by atoms with E-state index in [2.05, 4.69) is 42.5 Å². The molecule has 0 aliphatic heterocycles. The van der Waals surface area contributed by atoms with Gasteiger partial charge in [-0.2, -0.15) is 0 Å². The highest BCUT2D eigenvalue weighted by Gasteiger charge is 2.00. The topological polar surface area (TPSA) is 0 Å². The van der Waals surface area contributed by atoms with Gasteiger partial charge in [-0.25, -0.2) is 0 Å². The van der Waals surface area contributed by atoms with Crippen molar-refractivity contribution < 1.29 is 0 Å². The summed E-state index contributed by atoms with van der Waals surface area (Å²) in [5.74, 6) is 0.815. The van der Waals surface area contributed by atoms with E-state index in [1.165, 1.54) is 61.3 Å². The third-order valence-electron chi connectivity index (χ3n) is 3.71. The molecule has 0 aliphatic rings. The Morgan fingerprint density at radius 2 is 1.37 bits per heavy atom. The summed E-state index contributed by atoms with van der Waals surface area (Å²) in [6.45, 7) is 0. The molecule has 0 spiro atoms. The fourth-order valence-electron chi connectivity index (χ4n) is 2.63. The van der Waals surface area contributed by atoms with E-state index in [-0.39, 0.29) is 0 Å². The summed E-state index contributed by atoms with van der Waals surface area (Å²) < 4.78 is 0. The molecule has 0 fully saturated rings. The number of halogens is 1. The molecule has 0 aromatic heterocycles. The van der Waals surface area contributed by atoms with E-state index >= 15 is 0 Å². The Kier molecular flexibility index (Phi) is 6.23. The van der Waals surface area contributed by atoms with Gasteiger partial charge in [-0.3, -0.25) is 0 Å². The van der Waals surface area contributed by atoms with Crippen LogP contribution in [-0.2, 0) is 6.42 Å². The van der Waals surface area contributed by atoms with Gasteiger partial charge in [0.25, 0.3) is 0 Å². The first-order valence-electron chi connectivity index (χ1n) is 7.44. The average Bonchev–Trinajstić information content (AvgIpc) is 2.46. The Hall–Kier alpha value is -1.01. The SMILES string of the molecule is ClCCCCCCCCc1cccc2ccccc12.